The van der Waals surface area contributed by atoms with Crippen molar-refractivity contribution in [1.29, 1.82) is 0 Å². The zero-order chi connectivity index (χ0) is 42.1. The molecule has 8 bridgehead atoms. The van der Waals surface area contributed by atoms with Gasteiger partial charge in [-0.15, -0.1) is 0 Å². The quantitative estimate of drug-likeness (QED) is 0.0953. The second-order valence-electron chi connectivity index (χ2n) is 16.3. The van der Waals surface area contributed by atoms with E-state index in [2.05, 4.69) is 150 Å². The van der Waals surface area contributed by atoms with E-state index in [0.717, 1.165) is 85.4 Å². The van der Waals surface area contributed by atoms with Crippen LogP contribution in [0.15, 0.2) is 152 Å². The first kappa shape index (κ1) is 40.5. The van der Waals surface area contributed by atoms with Crippen LogP contribution in [0.25, 0.3) is 84.8 Å². The number of fused-ring (bicyclic) bond motifs is 8. The summed E-state index contributed by atoms with van der Waals surface area (Å²) in [5, 5.41) is 12.3. The number of hydrogen-bond donors (Lipinski definition) is 2. The summed E-state index contributed by atoms with van der Waals surface area (Å²) in [6.45, 7) is 2.74. The number of aromatic amines is 1. The lowest BCUT2D eigenvalue weighted by atomic mass is 9.93. The first-order valence-electron chi connectivity index (χ1n) is 22.4. The van der Waals surface area contributed by atoms with E-state index in [4.69, 9.17) is 14.7 Å². The Bertz CT molecular complexity index is 2860. The van der Waals surface area contributed by atoms with Gasteiger partial charge in [-0.25, -0.2) is 9.97 Å². The van der Waals surface area contributed by atoms with Crippen molar-refractivity contribution in [2.45, 2.75) is 71.1 Å². The Morgan fingerprint density at radius 1 is 0.532 bits per heavy atom. The average molecular weight is 815 g/mol. The first-order valence-corrected chi connectivity index (χ1v) is 22.4. The molecule has 2 N–H and O–H groups in total. The maximum Gasteiger partial charge on any atom is 0.189 e. The van der Waals surface area contributed by atoms with Crippen molar-refractivity contribution in [2.75, 3.05) is 6.61 Å². The van der Waals surface area contributed by atoms with Crippen molar-refractivity contribution in [1.82, 2.24) is 19.5 Å². The molecule has 6 heteroatoms. The summed E-state index contributed by atoms with van der Waals surface area (Å²) in [7, 11) is 0. The smallest absolute Gasteiger partial charge is 0.189 e. The van der Waals surface area contributed by atoms with Gasteiger partial charge in [-0.2, -0.15) is 0 Å². The minimum absolute atomic E-state index is 0.0287. The van der Waals surface area contributed by atoms with Crippen molar-refractivity contribution >= 4 is 45.7 Å². The largest absolute Gasteiger partial charge is 0.503 e. The van der Waals surface area contributed by atoms with Crippen LogP contribution >= 0.6 is 0 Å². The van der Waals surface area contributed by atoms with E-state index >= 15 is 0 Å². The Hall–Kier alpha value is -6.92. The molecule has 310 valence electrons. The fourth-order valence-electron chi connectivity index (χ4n) is 8.81. The van der Waals surface area contributed by atoms with Gasteiger partial charge in [0.1, 0.15) is 11.4 Å². The molecule has 0 atom stereocenters. The maximum absolute atomic E-state index is 12.3. The standard InChI is InChI=1S/C56H54N4O2/c1-2-3-4-5-6-7-8-9-10-23-36-62-56-53-52(42-28-19-13-20-29-42)54-51(41-26-17-12-18-27-41)50(40-24-15-11-16-25-40)49(60(54)47-30-21-14-22-31-47)39-46-35-33-44(58-46)37-43-32-34-45(57-43)38-48(59-53)55(56)61/h11-22,24-35,37-39,57,61H,2-10,23,36H2,1H3. The van der Waals surface area contributed by atoms with Crippen molar-refractivity contribution in [3.63, 3.8) is 0 Å². The van der Waals surface area contributed by atoms with E-state index in [1.54, 1.807) is 0 Å². The molecule has 2 aliphatic rings. The highest BCUT2D eigenvalue weighted by Crippen LogP contribution is 2.48. The molecule has 9 rings (SSSR count). The summed E-state index contributed by atoms with van der Waals surface area (Å²) < 4.78 is 9.16. The average Bonchev–Trinajstić information content (AvgIpc) is 4.10. The first-order chi connectivity index (χ1) is 30.7. The third-order valence-electron chi connectivity index (χ3n) is 11.8. The van der Waals surface area contributed by atoms with Crippen molar-refractivity contribution < 1.29 is 9.84 Å². The van der Waals surface area contributed by atoms with Gasteiger partial charge in [0, 0.05) is 33.4 Å². The van der Waals surface area contributed by atoms with Gasteiger partial charge in [0.25, 0.3) is 0 Å². The maximum atomic E-state index is 12.3. The second kappa shape index (κ2) is 19.2. The van der Waals surface area contributed by atoms with Gasteiger partial charge in [0.2, 0.25) is 0 Å². The molecule has 0 radical (unpaired) electrons. The monoisotopic (exact) mass is 814 g/mol. The molecule has 62 heavy (non-hydrogen) atoms. The molecule has 4 aromatic carbocycles. The number of para-hydroxylation sites is 1. The molecule has 0 saturated heterocycles. The van der Waals surface area contributed by atoms with Crippen molar-refractivity contribution in [3.05, 3.63) is 174 Å². The number of rotatable bonds is 16. The predicted octanol–water partition coefficient (Wildman–Crippen LogP) is 15.3. The third kappa shape index (κ3) is 8.78. The van der Waals surface area contributed by atoms with Crippen LogP contribution in [-0.4, -0.2) is 31.2 Å². The van der Waals surface area contributed by atoms with E-state index in [1.165, 1.54) is 51.4 Å². The minimum Gasteiger partial charge on any atom is -0.503 e. The molecule has 0 saturated carbocycles. The molecule has 2 aliphatic heterocycles. The molecule has 0 amide bonds. The highest BCUT2D eigenvalue weighted by molar-refractivity contribution is 6.11. The third-order valence-corrected chi connectivity index (χ3v) is 11.8. The molecule has 0 unspecified atom stereocenters. The molecule has 0 aliphatic carbocycles. The Morgan fingerprint density at radius 3 is 1.66 bits per heavy atom. The fraction of sp³-hybridized carbons (Fsp3) is 0.214. The van der Waals surface area contributed by atoms with Crippen LogP contribution in [0.4, 0.5) is 0 Å². The van der Waals surface area contributed by atoms with Gasteiger partial charge in [0.05, 0.1) is 29.0 Å². The minimum atomic E-state index is 0.0287. The summed E-state index contributed by atoms with van der Waals surface area (Å²) in [6.07, 6.45) is 16.4. The van der Waals surface area contributed by atoms with E-state index in [-0.39, 0.29) is 5.76 Å². The van der Waals surface area contributed by atoms with Gasteiger partial charge < -0.3 is 19.4 Å². The fourth-order valence-corrected chi connectivity index (χ4v) is 8.81. The van der Waals surface area contributed by atoms with E-state index in [9.17, 15) is 5.11 Å². The number of unbranched alkanes of at least 4 members (excludes halogenated alkanes) is 9. The van der Waals surface area contributed by atoms with E-state index in [1.807, 2.05) is 30.3 Å². The highest BCUT2D eigenvalue weighted by atomic mass is 16.5. The molecular weight excluding hydrogens is 761 g/mol. The number of aromatic nitrogens is 4. The lowest BCUT2D eigenvalue weighted by Gasteiger charge is -2.15. The van der Waals surface area contributed by atoms with Crippen LogP contribution in [0, 0.1) is 0 Å². The zero-order valence-electron chi connectivity index (χ0n) is 35.6. The summed E-state index contributed by atoms with van der Waals surface area (Å²) in [4.78, 5) is 14.0. The Kier molecular flexibility index (Phi) is 12.5. The SMILES string of the molecule is CCCCCCCCCCCCOC1=C(O)c2cc3ccc(cc4nc(cc5c(-c6ccccc6)c(-c6ccccc6)c(c(-c6ccccc6)c1n2)n5-c1ccccc1)C=C4)[nH]3. The lowest BCUT2D eigenvalue weighted by molar-refractivity contribution is 0.262. The van der Waals surface area contributed by atoms with Crippen LogP contribution in [-0.2, 0) is 4.74 Å². The van der Waals surface area contributed by atoms with Crippen molar-refractivity contribution in [2.24, 2.45) is 0 Å². The number of H-pyrrole nitrogens is 1. The number of ether oxygens (including phenoxy) is 1. The summed E-state index contributed by atoms with van der Waals surface area (Å²) >= 11 is 0. The van der Waals surface area contributed by atoms with Gasteiger partial charge in [-0.05, 0) is 77.7 Å². The number of nitrogens with zero attached hydrogens (tertiary/aromatic N) is 3. The molecule has 6 nitrogen and oxygen atoms in total. The molecule has 0 fully saturated rings. The molecule has 0 spiro atoms. The van der Waals surface area contributed by atoms with Crippen LogP contribution in [0.2, 0.25) is 0 Å². The molecule has 3 aromatic heterocycles. The number of hydrogen-bond acceptors (Lipinski definition) is 4. The molecular formula is C56H54N4O2. The Labute approximate surface area is 365 Å². The van der Waals surface area contributed by atoms with Crippen LogP contribution < -0.4 is 0 Å². The normalized spacial score (nSPS) is 12.3. The Morgan fingerprint density at radius 2 is 1.05 bits per heavy atom. The lowest BCUT2D eigenvalue weighted by Crippen LogP contribution is -2.01. The number of benzene rings is 4. The highest BCUT2D eigenvalue weighted by Gasteiger charge is 2.30. The van der Waals surface area contributed by atoms with Crippen molar-refractivity contribution in [3.8, 4) is 39.1 Å². The predicted molar refractivity (Wildman–Crippen MR) is 258 cm³/mol. The number of nitrogens with one attached hydrogen (secondary N) is 1. The number of aliphatic hydroxyl groups excluding tert-OH is 1. The van der Waals surface area contributed by atoms with Gasteiger partial charge in [-0.3, -0.25) is 0 Å². The van der Waals surface area contributed by atoms with Crippen LogP contribution in [0.1, 0.15) is 93.9 Å². The summed E-state index contributed by atoms with van der Waals surface area (Å²) in [5.74, 6) is 0.420. The zero-order valence-corrected chi connectivity index (χ0v) is 35.6. The van der Waals surface area contributed by atoms with Crippen LogP contribution in [0.3, 0.4) is 0 Å². The van der Waals surface area contributed by atoms with Gasteiger partial charge >= 0.3 is 0 Å². The van der Waals surface area contributed by atoms with Gasteiger partial charge in [-0.1, -0.05) is 174 Å². The van der Waals surface area contributed by atoms with Crippen LogP contribution in [0.5, 0.6) is 0 Å². The molecule has 5 heterocycles. The summed E-state index contributed by atoms with van der Waals surface area (Å²) in [5.41, 5.74) is 13.3. The topological polar surface area (TPSA) is 76.0 Å². The molecule has 7 aromatic rings. The Balaban J connectivity index is 1.34. The second-order valence-corrected chi connectivity index (χ2v) is 16.3. The van der Waals surface area contributed by atoms with Gasteiger partial charge in [0.15, 0.2) is 11.5 Å². The number of aliphatic hydroxyl groups is 1. The summed E-state index contributed by atoms with van der Waals surface area (Å²) in [6, 6.07) is 52.4. The van der Waals surface area contributed by atoms with E-state index < -0.39 is 0 Å². The van der Waals surface area contributed by atoms with E-state index in [0.29, 0.717) is 23.8 Å².